The molecule has 4 heterocycles. The Labute approximate surface area is 181 Å². The van der Waals surface area contributed by atoms with Gasteiger partial charge in [0.15, 0.2) is 0 Å². The zero-order valence-corrected chi connectivity index (χ0v) is 19.0. The van der Waals surface area contributed by atoms with Gasteiger partial charge in [-0.15, -0.1) is 0 Å². The molecule has 4 rings (SSSR count). The first-order chi connectivity index (χ1) is 14.4. The number of rotatable bonds is 4. The summed E-state index contributed by atoms with van der Waals surface area (Å²) in [5.41, 5.74) is 1.59. The largest absolute Gasteiger partial charge is 0.375 e. The summed E-state index contributed by atoms with van der Waals surface area (Å²) >= 11 is 0. The Balaban J connectivity index is 1.30. The second kappa shape index (κ2) is 9.33. The number of likely N-dealkylation sites (tertiary alicyclic amines) is 1. The molecule has 0 radical (unpaired) electrons. The van der Waals surface area contributed by atoms with Crippen molar-refractivity contribution in [2.45, 2.75) is 58.1 Å². The van der Waals surface area contributed by atoms with Crippen LogP contribution in [0.3, 0.4) is 0 Å². The fourth-order valence-corrected chi connectivity index (χ4v) is 5.38. The van der Waals surface area contributed by atoms with Crippen molar-refractivity contribution >= 4 is 5.91 Å². The van der Waals surface area contributed by atoms with Crippen molar-refractivity contribution in [1.82, 2.24) is 19.7 Å². The molecule has 0 unspecified atom stereocenters. The molecule has 0 N–H and O–H groups in total. The summed E-state index contributed by atoms with van der Waals surface area (Å²) in [6.45, 7) is 14.9. The number of aromatic nitrogens is 1. The minimum atomic E-state index is -0.0414. The smallest absolute Gasteiger partial charge is 0.255 e. The molecule has 6 nitrogen and oxygen atoms in total. The molecule has 6 heteroatoms. The highest BCUT2D eigenvalue weighted by Gasteiger charge is 2.43. The molecule has 0 bridgehead atoms. The van der Waals surface area contributed by atoms with Gasteiger partial charge in [-0.2, -0.15) is 0 Å². The third kappa shape index (κ3) is 5.04. The number of pyridine rings is 1. The Morgan fingerprint density at radius 3 is 2.53 bits per heavy atom. The van der Waals surface area contributed by atoms with Gasteiger partial charge >= 0.3 is 0 Å². The van der Waals surface area contributed by atoms with Crippen LogP contribution < -0.4 is 0 Å². The topological polar surface area (TPSA) is 48.9 Å². The molecule has 1 spiro atoms. The molecular weight excluding hydrogens is 376 g/mol. The standard InChI is InChI=1S/C24H38N4O2/c1-19(2)18-26-11-13-27(14-12-26)22-6-15-30-24(16-22)7-9-28(10-8-24)23(29)21-5-4-20(3)25-17-21/h4-5,17,19,22H,6-16,18H2,1-3H3/t22-/m1/s1. The zero-order valence-electron chi connectivity index (χ0n) is 19.0. The second-order valence-corrected chi connectivity index (χ2v) is 9.89. The van der Waals surface area contributed by atoms with E-state index in [1.54, 1.807) is 6.20 Å². The van der Waals surface area contributed by atoms with E-state index in [2.05, 4.69) is 28.6 Å². The number of carbonyl (C=O) groups is 1. The summed E-state index contributed by atoms with van der Waals surface area (Å²) in [6.07, 6.45) is 5.85. The van der Waals surface area contributed by atoms with Gasteiger partial charge in [-0.05, 0) is 50.7 Å². The molecule has 1 aromatic heterocycles. The average Bonchev–Trinajstić information content (AvgIpc) is 2.75. The van der Waals surface area contributed by atoms with Gasteiger partial charge in [0, 0.05) is 70.4 Å². The highest BCUT2D eigenvalue weighted by molar-refractivity contribution is 5.94. The molecule has 0 aliphatic carbocycles. The van der Waals surface area contributed by atoms with E-state index in [9.17, 15) is 4.79 Å². The summed E-state index contributed by atoms with van der Waals surface area (Å²) in [4.78, 5) is 24.4. The number of hydrogen-bond donors (Lipinski definition) is 0. The van der Waals surface area contributed by atoms with Crippen molar-refractivity contribution in [2.24, 2.45) is 5.92 Å². The first-order valence-corrected chi connectivity index (χ1v) is 11.8. The second-order valence-electron chi connectivity index (χ2n) is 9.89. The average molecular weight is 415 g/mol. The first kappa shape index (κ1) is 21.7. The molecule has 3 saturated heterocycles. The van der Waals surface area contributed by atoms with Crippen molar-refractivity contribution in [3.63, 3.8) is 0 Å². The lowest BCUT2D eigenvalue weighted by Crippen LogP contribution is -2.57. The van der Waals surface area contributed by atoms with E-state index in [4.69, 9.17) is 4.74 Å². The Kier molecular flexibility index (Phi) is 6.75. The van der Waals surface area contributed by atoms with E-state index < -0.39 is 0 Å². The molecule has 1 aromatic rings. The molecule has 0 aromatic carbocycles. The van der Waals surface area contributed by atoms with Crippen LogP contribution in [0.15, 0.2) is 18.3 Å². The van der Waals surface area contributed by atoms with Gasteiger partial charge in [0.1, 0.15) is 0 Å². The van der Waals surface area contributed by atoms with E-state index in [-0.39, 0.29) is 11.5 Å². The van der Waals surface area contributed by atoms with Crippen LogP contribution in [0.5, 0.6) is 0 Å². The number of hydrogen-bond acceptors (Lipinski definition) is 5. The summed E-state index contributed by atoms with van der Waals surface area (Å²) in [6, 6.07) is 4.43. The van der Waals surface area contributed by atoms with Crippen molar-refractivity contribution in [1.29, 1.82) is 0 Å². The molecule has 166 valence electrons. The van der Waals surface area contributed by atoms with Crippen molar-refractivity contribution < 1.29 is 9.53 Å². The predicted molar refractivity (Wildman–Crippen MR) is 119 cm³/mol. The zero-order chi connectivity index (χ0) is 21.1. The first-order valence-electron chi connectivity index (χ1n) is 11.8. The maximum atomic E-state index is 12.8. The van der Waals surface area contributed by atoms with E-state index in [0.717, 1.165) is 57.0 Å². The van der Waals surface area contributed by atoms with Crippen LogP contribution in [0.1, 0.15) is 55.6 Å². The highest BCUT2D eigenvalue weighted by atomic mass is 16.5. The summed E-state index contributed by atoms with van der Waals surface area (Å²) in [5.74, 6) is 0.845. The molecule has 3 fully saturated rings. The van der Waals surface area contributed by atoms with Crippen LogP contribution in [0.2, 0.25) is 0 Å². The quantitative estimate of drug-likeness (QED) is 0.758. The maximum absolute atomic E-state index is 12.8. The number of ether oxygens (including phenoxy) is 1. The Hall–Kier alpha value is -1.50. The minimum Gasteiger partial charge on any atom is -0.375 e. The maximum Gasteiger partial charge on any atom is 0.255 e. The van der Waals surface area contributed by atoms with Crippen LogP contribution in [0.25, 0.3) is 0 Å². The SMILES string of the molecule is Cc1ccc(C(=O)N2CCC3(CC2)C[C@H](N2CCN(CC(C)C)CC2)CCO3)cn1. The van der Waals surface area contributed by atoms with Crippen LogP contribution in [0, 0.1) is 12.8 Å². The monoisotopic (exact) mass is 414 g/mol. The molecule has 0 saturated carbocycles. The number of amides is 1. The highest BCUT2D eigenvalue weighted by Crippen LogP contribution is 2.37. The third-order valence-corrected chi connectivity index (χ3v) is 7.13. The lowest BCUT2D eigenvalue weighted by Gasteiger charge is -2.49. The van der Waals surface area contributed by atoms with E-state index >= 15 is 0 Å². The van der Waals surface area contributed by atoms with Crippen molar-refractivity contribution in [3.8, 4) is 0 Å². The van der Waals surface area contributed by atoms with Gasteiger partial charge in [0.2, 0.25) is 0 Å². The van der Waals surface area contributed by atoms with Gasteiger partial charge in [0.25, 0.3) is 5.91 Å². The summed E-state index contributed by atoms with van der Waals surface area (Å²) < 4.78 is 6.36. The Morgan fingerprint density at radius 2 is 1.90 bits per heavy atom. The Morgan fingerprint density at radius 1 is 1.17 bits per heavy atom. The van der Waals surface area contributed by atoms with Crippen LogP contribution in [-0.4, -0.2) is 89.7 Å². The summed E-state index contributed by atoms with van der Waals surface area (Å²) in [7, 11) is 0. The van der Waals surface area contributed by atoms with Crippen LogP contribution >= 0.6 is 0 Å². The van der Waals surface area contributed by atoms with Crippen molar-refractivity contribution in [3.05, 3.63) is 29.6 Å². The predicted octanol–water partition coefficient (Wildman–Crippen LogP) is 2.82. The van der Waals surface area contributed by atoms with Crippen LogP contribution in [-0.2, 0) is 4.74 Å². The molecule has 30 heavy (non-hydrogen) atoms. The molecule has 1 atom stereocenters. The van der Waals surface area contributed by atoms with Gasteiger partial charge in [-0.3, -0.25) is 14.7 Å². The van der Waals surface area contributed by atoms with E-state index in [1.165, 1.54) is 32.7 Å². The van der Waals surface area contributed by atoms with Crippen molar-refractivity contribution in [2.75, 3.05) is 52.4 Å². The van der Waals surface area contributed by atoms with Gasteiger partial charge in [-0.1, -0.05) is 13.8 Å². The fourth-order valence-electron chi connectivity index (χ4n) is 5.38. The lowest BCUT2D eigenvalue weighted by atomic mass is 9.81. The molecule has 3 aliphatic rings. The number of carbonyl (C=O) groups excluding carboxylic acids is 1. The number of aryl methyl sites for hydroxylation is 1. The van der Waals surface area contributed by atoms with Gasteiger partial charge in [-0.25, -0.2) is 0 Å². The lowest BCUT2D eigenvalue weighted by molar-refractivity contribution is -0.132. The third-order valence-electron chi connectivity index (χ3n) is 7.13. The number of piperazine rings is 1. The van der Waals surface area contributed by atoms with E-state index in [1.807, 2.05) is 24.0 Å². The fraction of sp³-hybridized carbons (Fsp3) is 0.750. The molecule has 1 amide bonds. The number of nitrogens with zero attached hydrogens (tertiary/aromatic N) is 4. The van der Waals surface area contributed by atoms with Gasteiger partial charge in [0.05, 0.1) is 11.2 Å². The summed E-state index contributed by atoms with van der Waals surface area (Å²) in [5, 5.41) is 0. The van der Waals surface area contributed by atoms with Gasteiger partial charge < -0.3 is 14.5 Å². The molecule has 3 aliphatic heterocycles. The van der Waals surface area contributed by atoms with Crippen LogP contribution in [0.4, 0.5) is 0 Å². The number of piperidine rings is 1. The minimum absolute atomic E-state index is 0.0414. The molecular formula is C24H38N4O2. The van der Waals surface area contributed by atoms with E-state index in [0.29, 0.717) is 11.6 Å². The normalized spacial score (nSPS) is 25.7. The Bertz CT molecular complexity index is 704.